The Hall–Kier alpha value is -0.930. The van der Waals surface area contributed by atoms with Crippen molar-refractivity contribution in [3.05, 3.63) is 29.6 Å². The van der Waals surface area contributed by atoms with Gasteiger partial charge in [-0.3, -0.25) is 4.98 Å². The molecule has 1 aromatic rings. The second kappa shape index (κ2) is 7.19. The normalized spacial score (nSPS) is 26.2. The van der Waals surface area contributed by atoms with Crippen LogP contribution in [0.15, 0.2) is 18.3 Å². The topological polar surface area (TPSA) is 37.0 Å². The molecular weight excluding hydrogens is 246 g/mol. The molecule has 2 unspecified atom stereocenters. The number of aryl methyl sites for hydroxylation is 1. The number of aromatic nitrogens is 1. The molecule has 20 heavy (non-hydrogen) atoms. The molecule has 1 saturated heterocycles. The fraction of sp³-hybridized carbons (Fsp3) is 0.706. The largest absolute Gasteiger partial charge is 0.314 e. The van der Waals surface area contributed by atoms with Crippen LogP contribution >= 0.6 is 0 Å². The van der Waals surface area contributed by atoms with Crippen LogP contribution in [0.2, 0.25) is 0 Å². The summed E-state index contributed by atoms with van der Waals surface area (Å²) < 4.78 is 0. The molecule has 2 heterocycles. The van der Waals surface area contributed by atoms with Gasteiger partial charge in [-0.15, -0.1) is 0 Å². The lowest BCUT2D eigenvalue weighted by atomic mass is 9.92. The molecule has 2 atom stereocenters. The second-order valence-electron chi connectivity index (χ2n) is 6.24. The molecule has 110 valence electrons. The van der Waals surface area contributed by atoms with E-state index in [1.54, 1.807) is 0 Å². The van der Waals surface area contributed by atoms with Gasteiger partial charge in [0.05, 0.1) is 5.69 Å². The fourth-order valence-electron chi connectivity index (χ4n) is 3.60. The zero-order valence-electron chi connectivity index (χ0n) is 12.4. The van der Waals surface area contributed by atoms with Gasteiger partial charge >= 0.3 is 0 Å². The van der Waals surface area contributed by atoms with Crippen molar-refractivity contribution in [2.45, 2.75) is 63.5 Å². The third-order valence-corrected chi connectivity index (χ3v) is 4.73. The van der Waals surface area contributed by atoms with E-state index in [9.17, 15) is 0 Å². The summed E-state index contributed by atoms with van der Waals surface area (Å²) in [6, 6.07) is 5.56. The lowest BCUT2D eigenvalue weighted by Gasteiger charge is -2.26. The van der Waals surface area contributed by atoms with Gasteiger partial charge in [-0.25, -0.2) is 0 Å². The molecule has 2 N–H and O–H groups in total. The summed E-state index contributed by atoms with van der Waals surface area (Å²) in [7, 11) is 0. The van der Waals surface area contributed by atoms with E-state index >= 15 is 0 Å². The maximum absolute atomic E-state index is 4.59. The minimum absolute atomic E-state index is 0.485. The van der Waals surface area contributed by atoms with Gasteiger partial charge in [0.25, 0.3) is 0 Å². The van der Waals surface area contributed by atoms with Gasteiger partial charge in [-0.1, -0.05) is 12.5 Å². The van der Waals surface area contributed by atoms with E-state index in [1.165, 1.54) is 69.2 Å². The van der Waals surface area contributed by atoms with Crippen molar-refractivity contribution in [3.8, 4) is 0 Å². The number of nitrogens with one attached hydrogen (secondary N) is 2. The van der Waals surface area contributed by atoms with Crippen LogP contribution < -0.4 is 10.6 Å². The number of fused-ring (bicyclic) bond motifs is 1. The van der Waals surface area contributed by atoms with Crippen LogP contribution in [0.4, 0.5) is 0 Å². The summed E-state index contributed by atoms with van der Waals surface area (Å²) >= 11 is 0. The third-order valence-electron chi connectivity index (χ3n) is 4.73. The van der Waals surface area contributed by atoms with Crippen molar-refractivity contribution in [2.75, 3.05) is 13.1 Å². The van der Waals surface area contributed by atoms with Gasteiger partial charge in [-0.2, -0.15) is 0 Å². The average Bonchev–Trinajstić information content (AvgIpc) is 2.53. The predicted molar refractivity (Wildman–Crippen MR) is 82.8 cm³/mol. The standard InChI is InChI=1S/C17H27N3/c1-2-11-18-15(8-1)9-5-12-19-16-10-3-6-14-7-4-13-20-17(14)16/h4,7,13,15-16,18-19H,1-3,5-6,8-12H2. The number of rotatable bonds is 5. The summed E-state index contributed by atoms with van der Waals surface area (Å²) in [5.41, 5.74) is 2.75. The fourth-order valence-corrected chi connectivity index (χ4v) is 3.60. The molecule has 2 aliphatic rings. The highest BCUT2D eigenvalue weighted by atomic mass is 14.9. The van der Waals surface area contributed by atoms with E-state index in [2.05, 4.69) is 27.8 Å². The van der Waals surface area contributed by atoms with Crippen LogP contribution in [0, 0.1) is 0 Å². The molecule has 3 nitrogen and oxygen atoms in total. The van der Waals surface area contributed by atoms with Crippen LogP contribution in [0.1, 0.15) is 62.2 Å². The molecule has 3 rings (SSSR count). The smallest absolute Gasteiger partial charge is 0.0605 e. The Labute approximate surface area is 122 Å². The molecule has 1 fully saturated rings. The van der Waals surface area contributed by atoms with E-state index in [4.69, 9.17) is 0 Å². The molecule has 0 aromatic carbocycles. The first-order valence-electron chi connectivity index (χ1n) is 8.34. The van der Waals surface area contributed by atoms with Crippen LogP contribution in [-0.2, 0) is 6.42 Å². The Balaban J connectivity index is 1.43. The average molecular weight is 273 g/mol. The first-order chi connectivity index (χ1) is 9.93. The van der Waals surface area contributed by atoms with Crippen LogP contribution in [0.5, 0.6) is 0 Å². The van der Waals surface area contributed by atoms with Crippen molar-refractivity contribution >= 4 is 0 Å². The lowest BCUT2D eigenvalue weighted by molar-refractivity contribution is 0.364. The molecule has 0 saturated carbocycles. The van der Waals surface area contributed by atoms with Gasteiger partial charge in [0.15, 0.2) is 0 Å². The lowest BCUT2D eigenvalue weighted by Crippen LogP contribution is -2.35. The minimum Gasteiger partial charge on any atom is -0.314 e. The SMILES string of the molecule is c1cnc2c(c1)CCCC2NCCCC1CCCCN1. The molecule has 0 radical (unpaired) electrons. The van der Waals surface area contributed by atoms with Gasteiger partial charge in [0, 0.05) is 18.3 Å². The monoisotopic (exact) mass is 273 g/mol. The number of hydrogen-bond acceptors (Lipinski definition) is 3. The van der Waals surface area contributed by atoms with Crippen LogP contribution in [0.25, 0.3) is 0 Å². The zero-order chi connectivity index (χ0) is 13.6. The Kier molecular flexibility index (Phi) is 5.04. The van der Waals surface area contributed by atoms with Crippen molar-refractivity contribution in [2.24, 2.45) is 0 Å². The third kappa shape index (κ3) is 3.58. The van der Waals surface area contributed by atoms with E-state index in [1.807, 2.05) is 6.20 Å². The molecule has 1 aliphatic carbocycles. The van der Waals surface area contributed by atoms with E-state index < -0.39 is 0 Å². The van der Waals surface area contributed by atoms with E-state index in [-0.39, 0.29) is 0 Å². The Morgan fingerprint density at radius 3 is 3.15 bits per heavy atom. The Bertz CT molecular complexity index is 412. The van der Waals surface area contributed by atoms with Gasteiger partial charge < -0.3 is 10.6 Å². The highest BCUT2D eigenvalue weighted by Gasteiger charge is 2.20. The number of pyridine rings is 1. The highest BCUT2D eigenvalue weighted by molar-refractivity contribution is 5.25. The summed E-state index contributed by atoms with van der Waals surface area (Å²) in [5.74, 6) is 0. The van der Waals surface area contributed by atoms with Crippen molar-refractivity contribution in [1.82, 2.24) is 15.6 Å². The summed E-state index contributed by atoms with van der Waals surface area (Å²) in [6.45, 7) is 2.34. The zero-order valence-corrected chi connectivity index (χ0v) is 12.4. The van der Waals surface area contributed by atoms with E-state index in [0.29, 0.717) is 6.04 Å². The molecule has 0 spiro atoms. The van der Waals surface area contributed by atoms with Gasteiger partial charge in [0.1, 0.15) is 0 Å². The van der Waals surface area contributed by atoms with E-state index in [0.717, 1.165) is 12.6 Å². The summed E-state index contributed by atoms with van der Waals surface area (Å²) in [5, 5.41) is 7.36. The predicted octanol–water partition coefficient (Wildman–Crippen LogP) is 2.97. The summed E-state index contributed by atoms with van der Waals surface area (Å²) in [4.78, 5) is 4.59. The van der Waals surface area contributed by atoms with Gasteiger partial charge in [-0.05, 0) is 69.7 Å². The number of nitrogens with zero attached hydrogens (tertiary/aromatic N) is 1. The minimum atomic E-state index is 0.485. The highest BCUT2D eigenvalue weighted by Crippen LogP contribution is 2.27. The Morgan fingerprint density at radius 1 is 1.25 bits per heavy atom. The van der Waals surface area contributed by atoms with Crippen LogP contribution in [-0.4, -0.2) is 24.1 Å². The molecule has 3 heteroatoms. The maximum Gasteiger partial charge on any atom is 0.0605 e. The maximum atomic E-state index is 4.59. The first-order valence-corrected chi connectivity index (χ1v) is 8.34. The quantitative estimate of drug-likeness (QED) is 0.810. The molecular formula is C17H27N3. The molecule has 0 amide bonds. The first kappa shape index (κ1) is 14.0. The summed E-state index contributed by atoms with van der Waals surface area (Å²) in [6.07, 6.45) is 12.4. The Morgan fingerprint density at radius 2 is 2.25 bits per heavy atom. The molecule has 1 aromatic heterocycles. The van der Waals surface area contributed by atoms with Crippen LogP contribution in [0.3, 0.4) is 0 Å². The molecule has 0 bridgehead atoms. The number of piperidine rings is 1. The van der Waals surface area contributed by atoms with Crippen molar-refractivity contribution < 1.29 is 0 Å². The van der Waals surface area contributed by atoms with Gasteiger partial charge in [0.2, 0.25) is 0 Å². The second-order valence-corrected chi connectivity index (χ2v) is 6.24. The van der Waals surface area contributed by atoms with Crippen molar-refractivity contribution in [1.29, 1.82) is 0 Å². The molecule has 1 aliphatic heterocycles. The van der Waals surface area contributed by atoms with Crippen molar-refractivity contribution in [3.63, 3.8) is 0 Å². The number of hydrogen-bond donors (Lipinski definition) is 2.